The van der Waals surface area contributed by atoms with Gasteiger partial charge in [-0.05, 0) is 68.1 Å². The highest BCUT2D eigenvalue weighted by Crippen LogP contribution is 2.43. The fourth-order valence-corrected chi connectivity index (χ4v) is 6.09. The van der Waals surface area contributed by atoms with Crippen molar-refractivity contribution in [3.8, 4) is 17.2 Å². The molecule has 43 heavy (non-hydrogen) atoms. The van der Waals surface area contributed by atoms with Gasteiger partial charge >= 0.3 is 0 Å². The van der Waals surface area contributed by atoms with Gasteiger partial charge in [0, 0.05) is 38.2 Å². The van der Waals surface area contributed by atoms with Crippen LogP contribution in [0.2, 0.25) is 0 Å². The van der Waals surface area contributed by atoms with Crippen LogP contribution in [0.3, 0.4) is 0 Å². The summed E-state index contributed by atoms with van der Waals surface area (Å²) in [5.74, 6) is 0.485. The van der Waals surface area contributed by atoms with E-state index in [0.29, 0.717) is 68.4 Å². The fourth-order valence-electron chi connectivity index (χ4n) is 6.09. The van der Waals surface area contributed by atoms with E-state index in [9.17, 15) is 14.7 Å². The molecule has 0 radical (unpaired) electrons. The first-order valence-electron chi connectivity index (χ1n) is 15.7. The summed E-state index contributed by atoms with van der Waals surface area (Å²) in [7, 11) is 0. The Morgan fingerprint density at radius 3 is 2.56 bits per heavy atom. The van der Waals surface area contributed by atoms with Crippen LogP contribution in [0, 0.1) is 0 Å². The Morgan fingerprint density at radius 1 is 0.977 bits per heavy atom. The fraction of sp³-hybridized carbons (Fsp3) is 0.529. The molecule has 0 saturated carbocycles. The van der Waals surface area contributed by atoms with Gasteiger partial charge < -0.3 is 29.0 Å². The number of aliphatic hydroxyl groups excluding tert-OH is 1. The van der Waals surface area contributed by atoms with Gasteiger partial charge in [-0.25, -0.2) is 0 Å². The molecule has 1 amide bonds. The number of ketones is 1. The molecular weight excluding hydrogens is 548 g/mol. The maximum absolute atomic E-state index is 13.6. The summed E-state index contributed by atoms with van der Waals surface area (Å²) in [5, 5.41) is 11.6. The van der Waals surface area contributed by atoms with Crippen LogP contribution < -0.4 is 14.2 Å². The Morgan fingerprint density at radius 2 is 1.79 bits per heavy atom. The Labute approximate surface area is 254 Å². The zero-order valence-corrected chi connectivity index (χ0v) is 25.6. The molecule has 5 rings (SSSR count). The molecule has 2 saturated heterocycles. The molecule has 0 spiro atoms. The first-order chi connectivity index (χ1) is 20.9. The summed E-state index contributed by atoms with van der Waals surface area (Å²) in [4.78, 5) is 31.1. The Kier molecular flexibility index (Phi) is 10.3. The third-order valence-electron chi connectivity index (χ3n) is 8.28. The quantitative estimate of drug-likeness (QED) is 0.148. The number of carbonyl (C=O) groups excluding carboxylic acids is 2. The second-order valence-corrected chi connectivity index (χ2v) is 11.4. The molecule has 0 aromatic heterocycles. The van der Waals surface area contributed by atoms with E-state index in [4.69, 9.17) is 18.9 Å². The van der Waals surface area contributed by atoms with Gasteiger partial charge in [-0.2, -0.15) is 0 Å². The van der Waals surface area contributed by atoms with Crippen LogP contribution in [0.15, 0.2) is 42.0 Å². The first-order valence-corrected chi connectivity index (χ1v) is 15.7. The van der Waals surface area contributed by atoms with Crippen molar-refractivity contribution in [3.05, 3.63) is 58.7 Å². The van der Waals surface area contributed by atoms with Crippen molar-refractivity contribution in [1.82, 2.24) is 9.80 Å². The Bertz CT molecular complexity index is 1330. The van der Waals surface area contributed by atoms with Crippen molar-refractivity contribution in [2.75, 3.05) is 52.6 Å². The van der Waals surface area contributed by atoms with Gasteiger partial charge in [0.15, 0.2) is 11.5 Å². The van der Waals surface area contributed by atoms with Gasteiger partial charge in [0.25, 0.3) is 11.7 Å². The SMILES string of the molecule is CCCCCOc1ccc([C@H]2/C(=C(\O)c3ccc4c(c3)C[C@@H](C)O4)C(=O)C(=O)N2CCCN2CCOCC2)cc1OCC. The second kappa shape index (κ2) is 14.3. The highest BCUT2D eigenvalue weighted by molar-refractivity contribution is 6.46. The summed E-state index contributed by atoms with van der Waals surface area (Å²) in [6.07, 6.45) is 4.57. The molecule has 9 heteroatoms. The molecule has 1 N–H and O–H groups in total. The van der Waals surface area contributed by atoms with Crippen LogP contribution in [0.1, 0.15) is 69.2 Å². The largest absolute Gasteiger partial charge is 0.507 e. The van der Waals surface area contributed by atoms with Crippen molar-refractivity contribution in [1.29, 1.82) is 0 Å². The number of rotatable bonds is 13. The molecule has 0 aliphatic carbocycles. The Balaban J connectivity index is 1.49. The van der Waals surface area contributed by atoms with Crippen molar-refractivity contribution >= 4 is 17.4 Å². The molecular formula is C34H44N2O7. The highest BCUT2D eigenvalue weighted by atomic mass is 16.5. The summed E-state index contributed by atoms with van der Waals surface area (Å²) in [5.41, 5.74) is 2.24. The minimum atomic E-state index is -0.763. The standard InChI is InChI=1S/C34H44N2O7/c1-4-6-7-17-42-28-12-9-24(22-29(28)41-5-2)31-30(32(37)25-10-11-27-26(21-25)20-23(3)43-27)33(38)34(39)36(31)14-8-13-35-15-18-40-19-16-35/h9-12,21-23,31,37H,4-8,13-20H2,1-3H3/b32-30+/t23-,31+/m1/s1. The molecule has 2 fully saturated rings. The molecule has 3 heterocycles. The van der Waals surface area contributed by atoms with E-state index in [2.05, 4.69) is 11.8 Å². The summed E-state index contributed by atoms with van der Waals surface area (Å²) < 4.78 is 23.3. The average Bonchev–Trinajstić information content (AvgIpc) is 3.51. The molecule has 3 aliphatic heterocycles. The number of benzene rings is 2. The maximum Gasteiger partial charge on any atom is 0.295 e. The van der Waals surface area contributed by atoms with Crippen LogP contribution in [0.25, 0.3) is 5.76 Å². The molecule has 2 aromatic rings. The van der Waals surface area contributed by atoms with E-state index in [0.717, 1.165) is 50.2 Å². The molecule has 2 aromatic carbocycles. The molecule has 0 unspecified atom stereocenters. The molecule has 9 nitrogen and oxygen atoms in total. The van der Waals surface area contributed by atoms with Crippen LogP contribution in [-0.2, 0) is 20.7 Å². The number of nitrogens with zero attached hydrogens (tertiary/aromatic N) is 2. The van der Waals surface area contributed by atoms with Crippen LogP contribution in [-0.4, -0.2) is 85.3 Å². The lowest BCUT2D eigenvalue weighted by atomic mass is 9.94. The van der Waals surface area contributed by atoms with Gasteiger partial charge in [0.2, 0.25) is 0 Å². The Hall–Kier alpha value is -3.56. The predicted molar refractivity (Wildman–Crippen MR) is 164 cm³/mol. The lowest BCUT2D eigenvalue weighted by Gasteiger charge is -2.29. The lowest BCUT2D eigenvalue weighted by molar-refractivity contribution is -0.140. The van der Waals surface area contributed by atoms with Crippen molar-refractivity contribution in [2.24, 2.45) is 0 Å². The van der Waals surface area contributed by atoms with Crippen LogP contribution >= 0.6 is 0 Å². The third kappa shape index (κ3) is 6.99. The lowest BCUT2D eigenvalue weighted by Crippen LogP contribution is -2.39. The monoisotopic (exact) mass is 592 g/mol. The number of fused-ring (bicyclic) bond motifs is 1. The zero-order chi connectivity index (χ0) is 30.3. The number of amides is 1. The van der Waals surface area contributed by atoms with Gasteiger partial charge in [-0.3, -0.25) is 14.5 Å². The third-order valence-corrected chi connectivity index (χ3v) is 8.28. The summed E-state index contributed by atoms with van der Waals surface area (Å²) >= 11 is 0. The predicted octanol–water partition coefficient (Wildman–Crippen LogP) is 5.12. The van der Waals surface area contributed by atoms with Crippen molar-refractivity contribution in [3.63, 3.8) is 0 Å². The minimum absolute atomic E-state index is 0.0455. The second-order valence-electron chi connectivity index (χ2n) is 11.4. The molecule has 232 valence electrons. The van der Waals surface area contributed by atoms with E-state index in [1.807, 2.05) is 44.2 Å². The van der Waals surface area contributed by atoms with Gasteiger partial charge in [-0.15, -0.1) is 0 Å². The highest BCUT2D eigenvalue weighted by Gasteiger charge is 2.46. The van der Waals surface area contributed by atoms with Crippen LogP contribution in [0.5, 0.6) is 17.2 Å². The van der Waals surface area contributed by atoms with E-state index in [1.165, 1.54) is 0 Å². The van der Waals surface area contributed by atoms with Gasteiger partial charge in [0.05, 0.1) is 38.0 Å². The van der Waals surface area contributed by atoms with E-state index < -0.39 is 17.7 Å². The van der Waals surface area contributed by atoms with Crippen molar-refractivity contribution in [2.45, 2.75) is 65.0 Å². The number of likely N-dealkylation sites (tertiary alicyclic amines) is 1. The smallest absolute Gasteiger partial charge is 0.295 e. The zero-order valence-electron chi connectivity index (χ0n) is 25.6. The molecule has 3 aliphatic rings. The van der Waals surface area contributed by atoms with E-state index in [-0.39, 0.29) is 17.4 Å². The number of hydrogen-bond acceptors (Lipinski definition) is 8. The molecule has 2 atom stereocenters. The van der Waals surface area contributed by atoms with E-state index >= 15 is 0 Å². The van der Waals surface area contributed by atoms with Gasteiger partial charge in [-0.1, -0.05) is 25.8 Å². The topological polar surface area (TPSA) is 97.8 Å². The number of morpholine rings is 1. The average molecular weight is 593 g/mol. The van der Waals surface area contributed by atoms with Gasteiger partial charge in [0.1, 0.15) is 17.6 Å². The number of aliphatic hydroxyl groups is 1. The van der Waals surface area contributed by atoms with Crippen molar-refractivity contribution < 1.29 is 33.6 Å². The van der Waals surface area contributed by atoms with Crippen LogP contribution in [0.4, 0.5) is 0 Å². The van der Waals surface area contributed by atoms with E-state index in [1.54, 1.807) is 11.0 Å². The number of unbranched alkanes of at least 4 members (excludes halogenated alkanes) is 2. The summed E-state index contributed by atoms with van der Waals surface area (Å²) in [6.45, 7) is 11.3. The minimum Gasteiger partial charge on any atom is -0.507 e. The number of Topliss-reactive ketones (excluding diaryl/α,β-unsaturated/α-hetero) is 1. The number of ether oxygens (including phenoxy) is 4. The molecule has 0 bridgehead atoms. The maximum atomic E-state index is 13.6. The normalized spacial score (nSPS) is 21.6. The number of hydrogen-bond donors (Lipinski definition) is 1. The first kappa shape index (κ1) is 30.9. The summed E-state index contributed by atoms with van der Waals surface area (Å²) in [6, 6.07) is 10.2. The number of carbonyl (C=O) groups is 2.